The number of rotatable bonds is 4. The summed E-state index contributed by atoms with van der Waals surface area (Å²) >= 11 is 0. The molecule has 0 saturated heterocycles. The minimum Gasteiger partial charge on any atom is -0.308 e. The van der Waals surface area contributed by atoms with Crippen molar-refractivity contribution in [3.63, 3.8) is 0 Å². The van der Waals surface area contributed by atoms with Gasteiger partial charge in [0.2, 0.25) is 0 Å². The maximum atomic E-state index is 4.71. The summed E-state index contributed by atoms with van der Waals surface area (Å²) in [6.07, 6.45) is 5.74. The van der Waals surface area contributed by atoms with E-state index in [1.54, 1.807) is 0 Å². The second-order valence-electron chi connectivity index (χ2n) is 14.5. The quantitative estimate of drug-likeness (QED) is 0.183. The third-order valence-corrected chi connectivity index (χ3v) is 11.6. The highest BCUT2D eigenvalue weighted by molar-refractivity contribution is 6.29. The highest BCUT2D eigenvalue weighted by Gasteiger charge is 2.31. The SMILES string of the molecule is c1ccc(-c2c3c(c(-c4ccccc4)c4ccccc24)-c2ccc(-c4cccc(-n5c6ccncc6c6ccc7ncccc7c65)c4)c4cccc-3c24)cc1. The van der Waals surface area contributed by atoms with Gasteiger partial charge in [-0.25, -0.2) is 0 Å². The molecular formula is C52H31N3. The Morgan fingerprint density at radius 3 is 1.78 bits per heavy atom. The Morgan fingerprint density at radius 1 is 0.382 bits per heavy atom. The van der Waals surface area contributed by atoms with Crippen molar-refractivity contribution in [3.05, 3.63) is 188 Å². The van der Waals surface area contributed by atoms with E-state index in [4.69, 9.17) is 4.98 Å². The number of pyridine rings is 2. The lowest BCUT2D eigenvalue weighted by Crippen LogP contribution is -1.95. The van der Waals surface area contributed by atoms with Crippen LogP contribution in [0, 0.1) is 0 Å². The molecule has 8 aromatic carbocycles. The van der Waals surface area contributed by atoms with E-state index in [2.05, 4.69) is 173 Å². The highest BCUT2D eigenvalue weighted by Crippen LogP contribution is 2.58. The number of fused-ring (bicyclic) bond motifs is 9. The molecule has 55 heavy (non-hydrogen) atoms. The molecule has 0 amide bonds. The predicted molar refractivity (Wildman–Crippen MR) is 230 cm³/mol. The van der Waals surface area contributed by atoms with E-state index in [0.717, 1.165) is 33.0 Å². The summed E-state index contributed by atoms with van der Waals surface area (Å²) in [5.74, 6) is 0. The monoisotopic (exact) mass is 697 g/mol. The number of hydrogen-bond acceptors (Lipinski definition) is 2. The molecule has 0 spiro atoms. The van der Waals surface area contributed by atoms with Crippen molar-refractivity contribution in [3.8, 4) is 61.3 Å². The normalized spacial score (nSPS) is 12.0. The van der Waals surface area contributed by atoms with Gasteiger partial charge in [-0.15, -0.1) is 0 Å². The summed E-state index contributed by atoms with van der Waals surface area (Å²) in [5, 5.41) is 8.54. The van der Waals surface area contributed by atoms with Crippen LogP contribution in [0.25, 0.3) is 116 Å². The summed E-state index contributed by atoms with van der Waals surface area (Å²) in [6.45, 7) is 0. The highest BCUT2D eigenvalue weighted by atomic mass is 15.0. The standard InChI is InChI=1S/C52H31N3/c1-3-12-32(13-4-1)47-38-18-7-8-19-39(38)48(33-14-5-2-6-15-33)51-43-24-23-36(37-20-10-21-42(49(37)43)50(47)51)34-16-9-17-35(30-34)55-46-27-29-53-31-44(46)40-25-26-45-41(52(40)55)22-11-28-54-45/h1-31H. The molecule has 0 atom stereocenters. The van der Waals surface area contributed by atoms with Gasteiger partial charge in [-0.3, -0.25) is 9.97 Å². The molecule has 0 aliphatic heterocycles. The summed E-state index contributed by atoms with van der Waals surface area (Å²) in [5.41, 5.74) is 17.0. The predicted octanol–water partition coefficient (Wildman–Crippen LogP) is 13.7. The molecule has 0 fully saturated rings. The molecule has 3 heterocycles. The van der Waals surface area contributed by atoms with Crippen LogP contribution in [0.2, 0.25) is 0 Å². The van der Waals surface area contributed by atoms with Gasteiger partial charge in [0, 0.05) is 40.4 Å². The van der Waals surface area contributed by atoms with Gasteiger partial charge in [-0.2, -0.15) is 0 Å². The molecule has 0 saturated carbocycles. The van der Waals surface area contributed by atoms with E-state index in [0.29, 0.717) is 0 Å². The molecule has 1 aliphatic carbocycles. The number of hydrogen-bond donors (Lipinski definition) is 0. The van der Waals surface area contributed by atoms with Gasteiger partial charge in [-0.05, 0) is 120 Å². The third-order valence-electron chi connectivity index (χ3n) is 11.6. The Bertz CT molecular complexity index is 3270. The zero-order valence-electron chi connectivity index (χ0n) is 29.7. The zero-order valence-corrected chi connectivity index (χ0v) is 29.7. The Morgan fingerprint density at radius 2 is 1.02 bits per heavy atom. The Balaban J connectivity index is 1.14. The van der Waals surface area contributed by atoms with Crippen molar-refractivity contribution in [2.75, 3.05) is 0 Å². The molecule has 254 valence electrons. The Labute approximate surface area is 317 Å². The molecule has 0 unspecified atom stereocenters. The summed E-state index contributed by atoms with van der Waals surface area (Å²) < 4.78 is 2.39. The van der Waals surface area contributed by atoms with Crippen molar-refractivity contribution in [1.29, 1.82) is 0 Å². The van der Waals surface area contributed by atoms with E-state index in [9.17, 15) is 0 Å². The molecule has 0 bridgehead atoms. The lowest BCUT2D eigenvalue weighted by molar-refractivity contribution is 1.18. The van der Waals surface area contributed by atoms with Crippen molar-refractivity contribution in [1.82, 2.24) is 14.5 Å². The van der Waals surface area contributed by atoms with Crippen LogP contribution in [0.4, 0.5) is 0 Å². The summed E-state index contributed by atoms with van der Waals surface area (Å²) in [7, 11) is 0. The molecule has 3 heteroatoms. The van der Waals surface area contributed by atoms with Crippen molar-refractivity contribution >= 4 is 54.3 Å². The third kappa shape index (κ3) is 4.26. The fourth-order valence-corrected chi connectivity index (χ4v) is 9.45. The minimum atomic E-state index is 0.979. The fraction of sp³-hybridized carbons (Fsp3) is 0. The van der Waals surface area contributed by atoms with Gasteiger partial charge in [-0.1, -0.05) is 127 Å². The molecule has 0 radical (unpaired) electrons. The first kappa shape index (κ1) is 30.1. The Hall–Kier alpha value is -7.36. The van der Waals surface area contributed by atoms with Crippen LogP contribution in [0.3, 0.4) is 0 Å². The lowest BCUT2D eigenvalue weighted by atomic mass is 9.82. The van der Waals surface area contributed by atoms with Gasteiger partial charge in [0.15, 0.2) is 0 Å². The van der Waals surface area contributed by atoms with Gasteiger partial charge >= 0.3 is 0 Å². The average molecular weight is 698 g/mol. The van der Waals surface area contributed by atoms with E-state index in [1.165, 1.54) is 82.6 Å². The second kappa shape index (κ2) is 11.6. The van der Waals surface area contributed by atoms with Crippen LogP contribution in [0.1, 0.15) is 0 Å². The lowest BCUT2D eigenvalue weighted by Gasteiger charge is -2.20. The average Bonchev–Trinajstić information content (AvgIpc) is 3.78. The summed E-state index contributed by atoms with van der Waals surface area (Å²) in [4.78, 5) is 9.24. The van der Waals surface area contributed by atoms with Gasteiger partial charge in [0.25, 0.3) is 0 Å². The van der Waals surface area contributed by atoms with Crippen molar-refractivity contribution < 1.29 is 0 Å². The van der Waals surface area contributed by atoms with Gasteiger partial charge < -0.3 is 4.57 Å². The minimum absolute atomic E-state index is 0.979. The zero-order chi connectivity index (χ0) is 36.0. The maximum absolute atomic E-state index is 4.71. The Kier molecular flexibility index (Phi) is 6.34. The van der Waals surface area contributed by atoms with Gasteiger partial charge in [0.1, 0.15) is 0 Å². The van der Waals surface area contributed by atoms with Crippen LogP contribution < -0.4 is 0 Å². The topological polar surface area (TPSA) is 30.7 Å². The second-order valence-corrected chi connectivity index (χ2v) is 14.5. The van der Waals surface area contributed by atoms with Crippen LogP contribution in [-0.2, 0) is 0 Å². The maximum Gasteiger partial charge on any atom is 0.0723 e. The number of aromatic nitrogens is 3. The van der Waals surface area contributed by atoms with E-state index in [1.807, 2.05) is 24.7 Å². The van der Waals surface area contributed by atoms with Gasteiger partial charge in [0.05, 0.1) is 16.6 Å². The largest absolute Gasteiger partial charge is 0.308 e. The van der Waals surface area contributed by atoms with E-state index in [-0.39, 0.29) is 0 Å². The molecule has 11 aromatic rings. The molecule has 1 aliphatic rings. The van der Waals surface area contributed by atoms with E-state index >= 15 is 0 Å². The van der Waals surface area contributed by atoms with Crippen LogP contribution in [-0.4, -0.2) is 14.5 Å². The number of benzene rings is 8. The van der Waals surface area contributed by atoms with Crippen LogP contribution in [0.15, 0.2) is 188 Å². The van der Waals surface area contributed by atoms with Crippen molar-refractivity contribution in [2.45, 2.75) is 0 Å². The first-order valence-corrected chi connectivity index (χ1v) is 18.8. The first-order chi connectivity index (χ1) is 27.3. The molecule has 3 aromatic heterocycles. The number of nitrogens with zero attached hydrogens (tertiary/aromatic N) is 3. The molecule has 3 nitrogen and oxygen atoms in total. The molecule has 12 rings (SSSR count). The van der Waals surface area contributed by atoms with Crippen LogP contribution in [0.5, 0.6) is 0 Å². The first-order valence-electron chi connectivity index (χ1n) is 18.8. The molecular weight excluding hydrogens is 667 g/mol. The molecule has 0 N–H and O–H groups in total. The smallest absolute Gasteiger partial charge is 0.0723 e. The summed E-state index contributed by atoms with van der Waals surface area (Å²) in [6, 6.07) is 62.1. The van der Waals surface area contributed by atoms with Crippen molar-refractivity contribution in [2.24, 2.45) is 0 Å². The van der Waals surface area contributed by atoms with E-state index < -0.39 is 0 Å². The van der Waals surface area contributed by atoms with Crippen LogP contribution >= 0.6 is 0 Å². The fourth-order valence-electron chi connectivity index (χ4n) is 9.45.